The zero-order valence-electron chi connectivity index (χ0n) is 11.7. The first-order valence-electron chi connectivity index (χ1n) is 7.05. The van der Waals surface area contributed by atoms with Gasteiger partial charge in [0.2, 0.25) is 0 Å². The fourth-order valence-corrected chi connectivity index (χ4v) is 3.06. The van der Waals surface area contributed by atoms with E-state index in [4.69, 9.17) is 0 Å². The van der Waals surface area contributed by atoms with Crippen molar-refractivity contribution >= 4 is 0 Å². The minimum absolute atomic E-state index is 0.628. The molecule has 1 aromatic carbocycles. The molecule has 0 atom stereocenters. The zero-order chi connectivity index (χ0) is 13.2. The number of hydrogen-bond donors (Lipinski definition) is 1. The first-order valence-corrected chi connectivity index (χ1v) is 7.05. The van der Waals surface area contributed by atoms with Gasteiger partial charge in [-0.2, -0.15) is 0 Å². The Kier molecular flexibility index (Phi) is 3.38. The Labute approximate surface area is 114 Å². The van der Waals surface area contributed by atoms with Crippen molar-refractivity contribution in [3.05, 3.63) is 41.9 Å². The number of piperidine rings is 1. The summed E-state index contributed by atoms with van der Waals surface area (Å²) >= 11 is 0. The lowest BCUT2D eigenvalue weighted by Gasteiger charge is -2.24. The van der Waals surface area contributed by atoms with Crippen molar-refractivity contribution < 1.29 is 0 Å². The molecular formula is C16H21N3. The summed E-state index contributed by atoms with van der Waals surface area (Å²) in [4.78, 5) is 4.66. The third-order valence-electron chi connectivity index (χ3n) is 4.11. The summed E-state index contributed by atoms with van der Waals surface area (Å²) < 4.78 is 2.21. The summed E-state index contributed by atoms with van der Waals surface area (Å²) in [5.74, 6) is 0.628. The van der Waals surface area contributed by atoms with Crippen molar-refractivity contribution in [2.45, 2.75) is 25.7 Å². The van der Waals surface area contributed by atoms with Crippen LogP contribution in [0.4, 0.5) is 0 Å². The molecular weight excluding hydrogens is 234 g/mol. The number of benzene rings is 1. The van der Waals surface area contributed by atoms with Crippen molar-refractivity contribution in [3.63, 3.8) is 0 Å². The Bertz CT molecular complexity index is 565. The Morgan fingerprint density at radius 1 is 1.21 bits per heavy atom. The molecule has 1 N–H and O–H groups in total. The van der Waals surface area contributed by atoms with Crippen LogP contribution < -0.4 is 5.32 Å². The molecule has 0 amide bonds. The molecule has 100 valence electrons. The second-order valence-corrected chi connectivity index (χ2v) is 5.43. The highest BCUT2D eigenvalue weighted by Crippen LogP contribution is 2.34. The fourth-order valence-electron chi connectivity index (χ4n) is 3.06. The van der Waals surface area contributed by atoms with Crippen molar-refractivity contribution in [2.75, 3.05) is 13.1 Å². The molecule has 1 fully saturated rings. The molecule has 0 bridgehead atoms. The van der Waals surface area contributed by atoms with Crippen LogP contribution in [0.5, 0.6) is 0 Å². The predicted octanol–water partition coefficient (Wildman–Crippen LogP) is 2.86. The molecule has 2 heterocycles. The normalized spacial score (nSPS) is 16.7. The molecule has 2 aromatic rings. The highest BCUT2D eigenvalue weighted by molar-refractivity contribution is 5.66. The van der Waals surface area contributed by atoms with E-state index in [1.165, 1.54) is 35.4 Å². The number of aryl methyl sites for hydroxylation is 2. The van der Waals surface area contributed by atoms with Crippen molar-refractivity contribution in [2.24, 2.45) is 7.05 Å². The van der Waals surface area contributed by atoms with Crippen LogP contribution in [0, 0.1) is 6.92 Å². The highest BCUT2D eigenvalue weighted by Gasteiger charge is 2.23. The Morgan fingerprint density at radius 2 is 1.95 bits per heavy atom. The van der Waals surface area contributed by atoms with E-state index < -0.39 is 0 Å². The summed E-state index contributed by atoms with van der Waals surface area (Å²) in [7, 11) is 2.12. The van der Waals surface area contributed by atoms with Crippen molar-refractivity contribution in [1.82, 2.24) is 14.9 Å². The van der Waals surface area contributed by atoms with E-state index in [2.05, 4.69) is 53.1 Å². The minimum Gasteiger partial charge on any atom is -0.337 e. The average Bonchev–Trinajstić information content (AvgIpc) is 2.82. The van der Waals surface area contributed by atoms with Crippen LogP contribution in [-0.2, 0) is 7.05 Å². The van der Waals surface area contributed by atoms with Crippen LogP contribution in [-0.4, -0.2) is 22.6 Å². The van der Waals surface area contributed by atoms with Gasteiger partial charge in [0, 0.05) is 24.2 Å². The lowest BCUT2D eigenvalue weighted by Crippen LogP contribution is -2.27. The van der Waals surface area contributed by atoms with Crippen LogP contribution in [0.15, 0.2) is 30.6 Å². The predicted molar refractivity (Wildman–Crippen MR) is 78.2 cm³/mol. The maximum absolute atomic E-state index is 4.66. The number of aromatic nitrogens is 2. The lowest BCUT2D eigenvalue weighted by atomic mass is 9.90. The van der Waals surface area contributed by atoms with Gasteiger partial charge in [-0.25, -0.2) is 4.98 Å². The van der Waals surface area contributed by atoms with Gasteiger partial charge in [0.05, 0.1) is 12.0 Å². The van der Waals surface area contributed by atoms with E-state index in [9.17, 15) is 0 Å². The number of imidazole rings is 1. The molecule has 1 aliphatic rings. The van der Waals surface area contributed by atoms with Gasteiger partial charge >= 0.3 is 0 Å². The largest absolute Gasteiger partial charge is 0.337 e. The van der Waals surface area contributed by atoms with Gasteiger partial charge in [0.1, 0.15) is 0 Å². The molecule has 19 heavy (non-hydrogen) atoms. The Balaban J connectivity index is 2.05. The molecule has 3 heteroatoms. The molecule has 0 unspecified atom stereocenters. The summed E-state index contributed by atoms with van der Waals surface area (Å²) in [6.07, 6.45) is 4.37. The summed E-state index contributed by atoms with van der Waals surface area (Å²) in [5, 5.41) is 3.44. The van der Waals surface area contributed by atoms with E-state index in [1.54, 1.807) is 0 Å². The van der Waals surface area contributed by atoms with E-state index in [0.717, 1.165) is 13.1 Å². The fraction of sp³-hybridized carbons (Fsp3) is 0.438. The topological polar surface area (TPSA) is 29.9 Å². The van der Waals surface area contributed by atoms with Crippen LogP contribution in [0.2, 0.25) is 0 Å². The van der Waals surface area contributed by atoms with E-state index in [1.807, 2.05) is 6.33 Å². The van der Waals surface area contributed by atoms with E-state index in [0.29, 0.717) is 5.92 Å². The molecule has 1 aliphatic heterocycles. The third-order valence-corrected chi connectivity index (χ3v) is 4.11. The molecule has 0 aliphatic carbocycles. The second kappa shape index (κ2) is 5.17. The maximum Gasteiger partial charge on any atom is 0.0953 e. The van der Waals surface area contributed by atoms with Gasteiger partial charge in [-0.05, 0) is 38.4 Å². The van der Waals surface area contributed by atoms with Gasteiger partial charge in [0.15, 0.2) is 0 Å². The number of hydrogen-bond acceptors (Lipinski definition) is 2. The van der Waals surface area contributed by atoms with Gasteiger partial charge in [0.25, 0.3) is 0 Å². The van der Waals surface area contributed by atoms with Crippen LogP contribution in [0.1, 0.15) is 30.0 Å². The minimum atomic E-state index is 0.628. The summed E-state index contributed by atoms with van der Waals surface area (Å²) in [5.41, 5.74) is 5.15. The molecule has 0 saturated carbocycles. The first-order chi connectivity index (χ1) is 9.27. The standard InChI is InChI=1S/C16H21N3/c1-12-5-3-4-6-14(12)15-16(19(2)11-18-15)13-7-9-17-10-8-13/h3-6,11,13,17H,7-10H2,1-2H3. The number of rotatable bonds is 2. The Morgan fingerprint density at radius 3 is 2.68 bits per heavy atom. The van der Waals surface area contributed by atoms with Gasteiger partial charge < -0.3 is 9.88 Å². The maximum atomic E-state index is 4.66. The molecule has 0 radical (unpaired) electrons. The van der Waals surface area contributed by atoms with Gasteiger partial charge in [-0.1, -0.05) is 24.3 Å². The SMILES string of the molecule is Cc1ccccc1-c1ncn(C)c1C1CCNCC1. The summed E-state index contributed by atoms with van der Waals surface area (Å²) in [6, 6.07) is 8.54. The quantitative estimate of drug-likeness (QED) is 0.894. The van der Waals surface area contributed by atoms with Crippen LogP contribution >= 0.6 is 0 Å². The monoisotopic (exact) mass is 255 g/mol. The summed E-state index contributed by atoms with van der Waals surface area (Å²) in [6.45, 7) is 4.39. The van der Waals surface area contributed by atoms with Crippen molar-refractivity contribution in [3.8, 4) is 11.3 Å². The van der Waals surface area contributed by atoms with Gasteiger partial charge in [-0.15, -0.1) is 0 Å². The van der Waals surface area contributed by atoms with Crippen molar-refractivity contribution in [1.29, 1.82) is 0 Å². The van der Waals surface area contributed by atoms with E-state index >= 15 is 0 Å². The molecule has 3 rings (SSSR count). The number of nitrogens with zero attached hydrogens (tertiary/aromatic N) is 2. The molecule has 1 saturated heterocycles. The smallest absolute Gasteiger partial charge is 0.0953 e. The molecule has 3 nitrogen and oxygen atoms in total. The van der Waals surface area contributed by atoms with Gasteiger partial charge in [-0.3, -0.25) is 0 Å². The Hall–Kier alpha value is -1.61. The first kappa shape index (κ1) is 12.4. The number of nitrogens with one attached hydrogen (secondary N) is 1. The van der Waals surface area contributed by atoms with Crippen LogP contribution in [0.25, 0.3) is 11.3 Å². The third kappa shape index (κ3) is 2.30. The highest BCUT2D eigenvalue weighted by atomic mass is 15.0. The average molecular weight is 255 g/mol. The molecule has 1 aromatic heterocycles. The second-order valence-electron chi connectivity index (χ2n) is 5.43. The molecule has 0 spiro atoms. The zero-order valence-corrected chi connectivity index (χ0v) is 11.7. The lowest BCUT2D eigenvalue weighted by molar-refractivity contribution is 0.446. The van der Waals surface area contributed by atoms with E-state index in [-0.39, 0.29) is 0 Å². The van der Waals surface area contributed by atoms with Crippen LogP contribution in [0.3, 0.4) is 0 Å².